The molecule has 0 heterocycles. The monoisotopic (exact) mass is 194 g/mol. The maximum atomic E-state index is 11.5. The Morgan fingerprint density at radius 2 is 2.43 bits per heavy atom. The molecule has 0 N–H and O–H groups in total. The van der Waals surface area contributed by atoms with Gasteiger partial charge in [-0.1, -0.05) is 19.1 Å². The summed E-state index contributed by atoms with van der Waals surface area (Å²) in [5, 5.41) is 0. The van der Waals surface area contributed by atoms with E-state index in [1.54, 1.807) is 6.92 Å². The highest BCUT2D eigenvalue weighted by Crippen LogP contribution is 2.15. The van der Waals surface area contributed by atoms with Gasteiger partial charge in [-0.3, -0.25) is 0 Å². The third-order valence-electron chi connectivity index (χ3n) is 2.30. The van der Waals surface area contributed by atoms with Crippen LogP contribution in [0.25, 0.3) is 0 Å². The Morgan fingerprint density at radius 3 is 3.00 bits per heavy atom. The largest absolute Gasteiger partial charge is 0.455 e. The van der Waals surface area contributed by atoms with Crippen LogP contribution in [0.5, 0.6) is 0 Å². The number of rotatable bonds is 3. The van der Waals surface area contributed by atoms with Crippen LogP contribution in [0.15, 0.2) is 23.8 Å². The van der Waals surface area contributed by atoms with Crippen molar-refractivity contribution in [2.75, 3.05) is 0 Å². The van der Waals surface area contributed by atoms with Crippen molar-refractivity contribution in [2.24, 2.45) is 0 Å². The quantitative estimate of drug-likeness (QED) is 0.392. The van der Waals surface area contributed by atoms with Gasteiger partial charge in [0.2, 0.25) is 0 Å². The molecule has 0 saturated carbocycles. The summed E-state index contributed by atoms with van der Waals surface area (Å²) < 4.78 is 5.31. The van der Waals surface area contributed by atoms with Crippen molar-refractivity contribution in [1.29, 1.82) is 0 Å². The van der Waals surface area contributed by atoms with Gasteiger partial charge >= 0.3 is 5.97 Å². The van der Waals surface area contributed by atoms with Crippen LogP contribution in [0.1, 0.15) is 39.5 Å². The number of hydrogen-bond acceptors (Lipinski definition) is 2. The topological polar surface area (TPSA) is 26.3 Å². The van der Waals surface area contributed by atoms with Crippen molar-refractivity contribution in [3.8, 4) is 0 Å². The van der Waals surface area contributed by atoms with Crippen LogP contribution in [-0.4, -0.2) is 12.1 Å². The lowest BCUT2D eigenvalue weighted by Crippen LogP contribution is -2.18. The van der Waals surface area contributed by atoms with Gasteiger partial charge in [-0.25, -0.2) is 4.79 Å². The average molecular weight is 194 g/mol. The summed E-state index contributed by atoms with van der Waals surface area (Å²) in [5.74, 6) is -0.177. The molecule has 0 aromatic heterocycles. The van der Waals surface area contributed by atoms with Gasteiger partial charge in [-0.2, -0.15) is 0 Å². The summed E-state index contributed by atoms with van der Waals surface area (Å²) in [6.07, 6.45) is 10.0. The van der Waals surface area contributed by atoms with Crippen molar-refractivity contribution in [2.45, 2.75) is 45.6 Å². The highest BCUT2D eigenvalue weighted by molar-refractivity contribution is 5.87. The van der Waals surface area contributed by atoms with E-state index in [4.69, 9.17) is 4.74 Å². The molecule has 1 unspecified atom stereocenters. The lowest BCUT2D eigenvalue weighted by atomic mass is 10.1. The minimum Gasteiger partial charge on any atom is -0.455 e. The second kappa shape index (κ2) is 5.63. The minimum absolute atomic E-state index is 0.00328. The van der Waals surface area contributed by atoms with E-state index in [1.165, 1.54) is 0 Å². The molecule has 0 aromatic carbocycles. The second-order valence-corrected chi connectivity index (χ2v) is 3.60. The summed E-state index contributed by atoms with van der Waals surface area (Å²) >= 11 is 0. The molecule has 78 valence electrons. The number of allylic oxidation sites excluding steroid dienone is 2. The molecule has 14 heavy (non-hydrogen) atoms. The molecule has 0 fully saturated rings. The Balaban J connectivity index is 2.43. The Labute approximate surface area is 85.6 Å². The van der Waals surface area contributed by atoms with Crippen molar-refractivity contribution < 1.29 is 9.53 Å². The zero-order valence-electron chi connectivity index (χ0n) is 8.95. The van der Waals surface area contributed by atoms with Gasteiger partial charge in [-0.05, 0) is 38.7 Å². The van der Waals surface area contributed by atoms with Gasteiger partial charge in [0.15, 0.2) is 0 Å². The molecule has 0 amide bonds. The van der Waals surface area contributed by atoms with Crippen LogP contribution in [-0.2, 0) is 9.53 Å². The predicted octanol–water partition coefficient (Wildman–Crippen LogP) is 2.99. The molecule has 1 rings (SSSR count). The van der Waals surface area contributed by atoms with Crippen molar-refractivity contribution in [3.05, 3.63) is 23.8 Å². The van der Waals surface area contributed by atoms with Crippen molar-refractivity contribution in [3.63, 3.8) is 0 Å². The fraction of sp³-hybridized carbons (Fsp3) is 0.583. The first-order chi connectivity index (χ1) is 6.74. The SMILES string of the molecule is CC/C=C(\C)C(=O)OC1C=CCCC1. The summed E-state index contributed by atoms with van der Waals surface area (Å²) in [6, 6.07) is 0. The van der Waals surface area contributed by atoms with Crippen LogP contribution in [0.3, 0.4) is 0 Å². The van der Waals surface area contributed by atoms with E-state index < -0.39 is 0 Å². The van der Waals surface area contributed by atoms with Gasteiger partial charge in [-0.15, -0.1) is 0 Å². The van der Waals surface area contributed by atoms with Gasteiger partial charge in [0.05, 0.1) is 0 Å². The zero-order valence-corrected chi connectivity index (χ0v) is 8.95. The fourth-order valence-corrected chi connectivity index (χ4v) is 1.50. The number of carbonyl (C=O) groups excluding carboxylic acids is 1. The molecule has 2 heteroatoms. The van der Waals surface area contributed by atoms with E-state index in [2.05, 4.69) is 6.08 Å². The molecule has 0 saturated heterocycles. The summed E-state index contributed by atoms with van der Waals surface area (Å²) in [4.78, 5) is 11.5. The minimum atomic E-state index is -0.177. The van der Waals surface area contributed by atoms with Crippen LogP contribution < -0.4 is 0 Å². The molecule has 0 aliphatic heterocycles. The number of carbonyl (C=O) groups is 1. The summed E-state index contributed by atoms with van der Waals surface area (Å²) in [6.45, 7) is 3.82. The molecular weight excluding hydrogens is 176 g/mol. The van der Waals surface area contributed by atoms with E-state index in [0.29, 0.717) is 5.57 Å². The maximum absolute atomic E-state index is 11.5. The van der Waals surface area contributed by atoms with Gasteiger partial charge in [0.25, 0.3) is 0 Å². The fourth-order valence-electron chi connectivity index (χ4n) is 1.50. The normalized spacial score (nSPS) is 22.1. The molecule has 0 aromatic rings. The lowest BCUT2D eigenvalue weighted by Gasteiger charge is -2.17. The van der Waals surface area contributed by atoms with Crippen LogP contribution in [0.4, 0.5) is 0 Å². The van der Waals surface area contributed by atoms with E-state index in [1.807, 2.05) is 19.1 Å². The van der Waals surface area contributed by atoms with Gasteiger partial charge < -0.3 is 4.74 Å². The summed E-state index contributed by atoms with van der Waals surface area (Å²) in [7, 11) is 0. The van der Waals surface area contributed by atoms with Gasteiger partial charge in [0, 0.05) is 5.57 Å². The molecule has 1 aliphatic carbocycles. The Kier molecular flexibility index (Phi) is 4.44. The van der Waals surface area contributed by atoms with E-state index in [9.17, 15) is 4.79 Å². The number of hydrogen-bond donors (Lipinski definition) is 0. The molecule has 0 spiro atoms. The zero-order chi connectivity index (χ0) is 10.4. The molecule has 2 nitrogen and oxygen atoms in total. The third kappa shape index (κ3) is 3.36. The standard InChI is InChI=1S/C12H18O2/c1-3-7-10(2)12(13)14-11-8-5-4-6-9-11/h5,7-8,11H,3-4,6,9H2,1-2H3/b10-7+. The number of esters is 1. The first-order valence-electron chi connectivity index (χ1n) is 5.28. The molecule has 1 aliphatic rings. The van der Waals surface area contributed by atoms with E-state index in [-0.39, 0.29) is 12.1 Å². The molecular formula is C12H18O2. The van der Waals surface area contributed by atoms with E-state index in [0.717, 1.165) is 25.7 Å². The third-order valence-corrected chi connectivity index (χ3v) is 2.30. The Bertz CT molecular complexity index is 251. The van der Waals surface area contributed by atoms with Crippen molar-refractivity contribution in [1.82, 2.24) is 0 Å². The molecule has 1 atom stereocenters. The smallest absolute Gasteiger partial charge is 0.333 e. The van der Waals surface area contributed by atoms with Crippen molar-refractivity contribution >= 4 is 5.97 Å². The Morgan fingerprint density at radius 1 is 1.64 bits per heavy atom. The Hall–Kier alpha value is -1.05. The maximum Gasteiger partial charge on any atom is 0.333 e. The number of ether oxygens (including phenoxy) is 1. The van der Waals surface area contributed by atoms with Crippen LogP contribution >= 0.6 is 0 Å². The highest BCUT2D eigenvalue weighted by atomic mass is 16.5. The first-order valence-corrected chi connectivity index (χ1v) is 5.28. The van der Waals surface area contributed by atoms with E-state index >= 15 is 0 Å². The highest BCUT2D eigenvalue weighted by Gasteiger charge is 2.14. The van der Waals surface area contributed by atoms with Crippen LogP contribution in [0.2, 0.25) is 0 Å². The first kappa shape index (κ1) is 11.0. The second-order valence-electron chi connectivity index (χ2n) is 3.60. The predicted molar refractivity (Wildman–Crippen MR) is 56.9 cm³/mol. The van der Waals surface area contributed by atoms with Crippen LogP contribution in [0, 0.1) is 0 Å². The average Bonchev–Trinajstić information content (AvgIpc) is 2.19. The van der Waals surface area contributed by atoms with Gasteiger partial charge in [0.1, 0.15) is 6.10 Å². The molecule has 0 radical (unpaired) electrons. The molecule has 0 bridgehead atoms. The summed E-state index contributed by atoms with van der Waals surface area (Å²) in [5.41, 5.74) is 0.714. The lowest BCUT2D eigenvalue weighted by molar-refractivity contribution is -0.142.